The average molecular weight is 443 g/mol. The van der Waals surface area contributed by atoms with Crippen LogP contribution in [0.2, 0.25) is 0 Å². The Morgan fingerprint density at radius 2 is 1.73 bits per heavy atom. The number of fused-ring (bicyclic) bond motifs is 1. The predicted octanol–water partition coefficient (Wildman–Crippen LogP) is 3.60. The molecule has 0 fully saturated rings. The molecule has 1 unspecified atom stereocenters. The fraction of sp³-hybridized carbons (Fsp3) is 0.259. The van der Waals surface area contributed by atoms with Gasteiger partial charge in [-0.15, -0.1) is 0 Å². The van der Waals surface area contributed by atoms with Gasteiger partial charge >= 0.3 is 0 Å². The molecule has 6 nitrogen and oxygen atoms in total. The van der Waals surface area contributed by atoms with Crippen LogP contribution in [0.4, 0.5) is 5.69 Å². The van der Waals surface area contributed by atoms with Crippen LogP contribution in [0, 0.1) is 0 Å². The zero-order valence-corrected chi connectivity index (χ0v) is 18.9. The van der Waals surface area contributed by atoms with E-state index in [0.717, 1.165) is 41.2 Å². The summed E-state index contributed by atoms with van der Waals surface area (Å²) in [6.07, 6.45) is 0.416. The van der Waals surface area contributed by atoms with Crippen molar-refractivity contribution in [3.8, 4) is 5.75 Å². The fourth-order valence-corrected chi connectivity index (χ4v) is 3.90. The highest BCUT2D eigenvalue weighted by Gasteiger charge is 2.26. The molecule has 0 aromatic heterocycles. The number of amides is 1. The topological polar surface area (TPSA) is 80.0 Å². The van der Waals surface area contributed by atoms with E-state index < -0.39 is 12.2 Å². The number of hydrogen-bond acceptors (Lipinski definition) is 5. The first-order chi connectivity index (χ1) is 16.1. The van der Waals surface area contributed by atoms with Gasteiger partial charge in [0.25, 0.3) is 0 Å². The normalized spacial score (nSPS) is 16.2. The van der Waals surface area contributed by atoms with Crippen molar-refractivity contribution >= 4 is 17.3 Å². The Morgan fingerprint density at radius 3 is 2.45 bits per heavy atom. The molecule has 2 atom stereocenters. The van der Waals surface area contributed by atoms with Crippen molar-refractivity contribution in [2.75, 3.05) is 24.6 Å². The van der Waals surface area contributed by atoms with Crippen molar-refractivity contribution in [1.82, 2.24) is 5.32 Å². The number of hydrogen-bond donors (Lipinski definition) is 2. The summed E-state index contributed by atoms with van der Waals surface area (Å²) in [7, 11) is 0. The number of benzodiazepines with no additional fused rings is 1. The number of rotatable bonds is 8. The van der Waals surface area contributed by atoms with Crippen molar-refractivity contribution < 1.29 is 9.53 Å². The van der Waals surface area contributed by atoms with Gasteiger partial charge in [-0.3, -0.25) is 9.79 Å². The highest BCUT2D eigenvalue weighted by Crippen LogP contribution is 2.27. The van der Waals surface area contributed by atoms with Gasteiger partial charge in [-0.1, -0.05) is 66.7 Å². The second-order valence-corrected chi connectivity index (χ2v) is 8.14. The van der Waals surface area contributed by atoms with Crippen LogP contribution in [-0.2, 0) is 4.79 Å². The summed E-state index contributed by atoms with van der Waals surface area (Å²) in [5, 5.41) is 3.01. The summed E-state index contributed by atoms with van der Waals surface area (Å²) in [6.45, 7) is 3.61. The lowest BCUT2D eigenvalue weighted by atomic mass is 10.0. The monoisotopic (exact) mass is 442 g/mol. The molecule has 0 radical (unpaired) electrons. The zero-order chi connectivity index (χ0) is 23.0. The quantitative estimate of drug-likeness (QED) is 0.523. The largest absolute Gasteiger partial charge is 0.494 e. The lowest BCUT2D eigenvalue weighted by molar-refractivity contribution is -0.122. The first-order valence-electron chi connectivity index (χ1n) is 11.3. The molecule has 0 spiro atoms. The molecule has 0 saturated carbocycles. The summed E-state index contributed by atoms with van der Waals surface area (Å²) in [5.74, 6) is 0.653. The molecular formula is C27H30N4O2. The van der Waals surface area contributed by atoms with E-state index in [0.29, 0.717) is 13.2 Å². The number of ether oxygens (including phenoxy) is 1. The molecule has 33 heavy (non-hydrogen) atoms. The van der Waals surface area contributed by atoms with Crippen LogP contribution in [0.3, 0.4) is 0 Å². The first-order valence-corrected chi connectivity index (χ1v) is 11.3. The molecule has 6 heteroatoms. The maximum Gasteiger partial charge on any atom is 0.238 e. The molecule has 3 aromatic rings. The Balaban J connectivity index is 1.58. The number of nitrogens with one attached hydrogen (secondary N) is 1. The number of nitrogens with zero attached hydrogens (tertiary/aromatic N) is 2. The van der Waals surface area contributed by atoms with Crippen LogP contribution < -0.4 is 20.7 Å². The third-order valence-corrected chi connectivity index (χ3v) is 5.53. The van der Waals surface area contributed by atoms with Gasteiger partial charge in [-0.05, 0) is 31.5 Å². The van der Waals surface area contributed by atoms with Gasteiger partial charge in [0, 0.05) is 23.4 Å². The van der Waals surface area contributed by atoms with Gasteiger partial charge in [-0.25, -0.2) is 0 Å². The zero-order valence-electron chi connectivity index (χ0n) is 18.9. The van der Waals surface area contributed by atoms with E-state index in [2.05, 4.69) is 22.3 Å². The minimum absolute atomic E-state index is 0.213. The maximum atomic E-state index is 12.4. The molecule has 170 valence electrons. The number of carbonyl (C=O) groups excluding carboxylic acids is 1. The Morgan fingerprint density at radius 1 is 1.06 bits per heavy atom. The molecule has 1 aliphatic rings. The van der Waals surface area contributed by atoms with E-state index in [1.165, 1.54) is 0 Å². The second kappa shape index (κ2) is 10.8. The van der Waals surface area contributed by atoms with Crippen LogP contribution in [0.15, 0.2) is 89.9 Å². The van der Waals surface area contributed by atoms with Gasteiger partial charge in [0.05, 0.1) is 24.9 Å². The van der Waals surface area contributed by atoms with Gasteiger partial charge < -0.3 is 20.7 Å². The van der Waals surface area contributed by atoms with E-state index in [4.69, 9.17) is 15.5 Å². The number of aliphatic imine (C=N–C) groups is 1. The molecule has 1 amide bonds. The smallest absolute Gasteiger partial charge is 0.238 e. The maximum absolute atomic E-state index is 12.4. The molecule has 0 bridgehead atoms. The Hall–Kier alpha value is -3.64. The summed E-state index contributed by atoms with van der Waals surface area (Å²) in [5.41, 5.74) is 9.84. The van der Waals surface area contributed by atoms with Crippen LogP contribution in [0.5, 0.6) is 5.75 Å². The number of benzene rings is 3. The summed E-state index contributed by atoms with van der Waals surface area (Å²) in [4.78, 5) is 19.7. The number of para-hydroxylation sites is 2. The van der Waals surface area contributed by atoms with E-state index in [1.54, 1.807) is 6.92 Å². The van der Waals surface area contributed by atoms with Gasteiger partial charge in [-0.2, -0.15) is 0 Å². The van der Waals surface area contributed by atoms with Gasteiger partial charge in [0.1, 0.15) is 11.9 Å². The highest BCUT2D eigenvalue weighted by molar-refractivity contribution is 6.16. The lowest BCUT2D eigenvalue weighted by Crippen LogP contribution is -2.48. The minimum atomic E-state index is -0.598. The Labute approximate surface area is 195 Å². The van der Waals surface area contributed by atoms with Gasteiger partial charge in [0.2, 0.25) is 5.91 Å². The van der Waals surface area contributed by atoms with Crippen molar-refractivity contribution in [2.45, 2.75) is 25.6 Å². The molecular weight excluding hydrogens is 412 g/mol. The van der Waals surface area contributed by atoms with Crippen molar-refractivity contribution in [3.05, 3.63) is 96.1 Å². The van der Waals surface area contributed by atoms with E-state index in [9.17, 15) is 4.79 Å². The van der Waals surface area contributed by atoms with Crippen molar-refractivity contribution in [1.29, 1.82) is 0 Å². The number of carbonyl (C=O) groups is 1. The van der Waals surface area contributed by atoms with E-state index >= 15 is 0 Å². The summed E-state index contributed by atoms with van der Waals surface area (Å²) < 4.78 is 5.89. The summed E-state index contributed by atoms with van der Waals surface area (Å²) in [6, 6.07) is 27.6. The molecule has 0 saturated heterocycles. The number of anilines is 1. The van der Waals surface area contributed by atoms with Crippen LogP contribution in [0.25, 0.3) is 0 Å². The molecule has 4 rings (SSSR count). The fourth-order valence-electron chi connectivity index (χ4n) is 3.90. The van der Waals surface area contributed by atoms with Crippen LogP contribution in [-0.4, -0.2) is 43.5 Å². The second-order valence-electron chi connectivity index (χ2n) is 8.14. The SMILES string of the molecule is C[C@H](N)C(=O)NC1CN(CCCOc2ccccc2)c2ccccc2C(c2ccccc2)=N1. The molecule has 3 aromatic carbocycles. The van der Waals surface area contributed by atoms with E-state index in [-0.39, 0.29) is 5.91 Å². The molecule has 1 heterocycles. The Bertz CT molecular complexity index is 1080. The molecule has 0 aliphatic carbocycles. The third kappa shape index (κ3) is 5.79. The predicted molar refractivity (Wildman–Crippen MR) is 133 cm³/mol. The van der Waals surface area contributed by atoms with Crippen LogP contribution >= 0.6 is 0 Å². The van der Waals surface area contributed by atoms with Crippen molar-refractivity contribution in [2.24, 2.45) is 10.7 Å². The van der Waals surface area contributed by atoms with E-state index in [1.807, 2.05) is 72.8 Å². The third-order valence-electron chi connectivity index (χ3n) is 5.53. The lowest BCUT2D eigenvalue weighted by Gasteiger charge is -2.27. The van der Waals surface area contributed by atoms with Gasteiger partial charge in [0.15, 0.2) is 0 Å². The van der Waals surface area contributed by atoms with Crippen LogP contribution in [0.1, 0.15) is 24.5 Å². The number of nitrogens with two attached hydrogens (primary N) is 1. The highest BCUT2D eigenvalue weighted by atomic mass is 16.5. The summed E-state index contributed by atoms with van der Waals surface area (Å²) >= 11 is 0. The standard InChI is InChI=1S/C27H30N4O2/c1-20(28)27(32)30-25-19-31(17-10-18-33-22-13-6-3-7-14-22)24-16-9-8-15-23(24)26(29-25)21-11-4-2-5-12-21/h2-9,11-16,20,25H,10,17-19,28H2,1H3,(H,30,32)/t20-,25?/m0/s1. The minimum Gasteiger partial charge on any atom is -0.494 e. The molecule has 3 N–H and O–H groups in total. The first kappa shape index (κ1) is 22.6. The average Bonchev–Trinajstić information content (AvgIpc) is 3.00. The Kier molecular flexibility index (Phi) is 7.37. The molecule has 1 aliphatic heterocycles. The van der Waals surface area contributed by atoms with Crippen molar-refractivity contribution in [3.63, 3.8) is 0 Å².